The third-order valence-electron chi connectivity index (χ3n) is 5.12. The number of hydrogen-bond donors (Lipinski definition) is 0. The highest BCUT2D eigenvalue weighted by atomic mass is 79.9. The van der Waals surface area contributed by atoms with Gasteiger partial charge in [-0.05, 0) is 62.3 Å². The summed E-state index contributed by atoms with van der Waals surface area (Å²) >= 11 is 3.50. The smallest absolute Gasteiger partial charge is 0.237 e. The van der Waals surface area contributed by atoms with Crippen LogP contribution in [0, 0.1) is 31.6 Å². The molecule has 0 aromatic heterocycles. The van der Waals surface area contributed by atoms with Crippen molar-refractivity contribution in [2.24, 2.45) is 17.8 Å². The van der Waals surface area contributed by atoms with Crippen LogP contribution in [0.3, 0.4) is 0 Å². The number of imide groups is 1. The van der Waals surface area contributed by atoms with Gasteiger partial charge in [0, 0.05) is 4.47 Å². The molecule has 3 atom stereocenters. The summed E-state index contributed by atoms with van der Waals surface area (Å²) in [5, 5.41) is 0. The van der Waals surface area contributed by atoms with Crippen LogP contribution in [0.15, 0.2) is 16.6 Å². The molecule has 0 N–H and O–H groups in total. The van der Waals surface area contributed by atoms with Crippen molar-refractivity contribution in [2.75, 3.05) is 4.90 Å². The fourth-order valence-electron chi connectivity index (χ4n) is 3.64. The molecule has 21 heavy (non-hydrogen) atoms. The number of hydrogen-bond acceptors (Lipinski definition) is 2. The average Bonchev–Trinajstić information content (AvgIpc) is 2.69. The Bertz CT molecular complexity index is 625. The maximum atomic E-state index is 12.7. The van der Waals surface area contributed by atoms with Crippen molar-refractivity contribution in [1.29, 1.82) is 0 Å². The Morgan fingerprint density at radius 1 is 1.05 bits per heavy atom. The second-order valence-corrected chi connectivity index (χ2v) is 7.31. The minimum absolute atomic E-state index is 0.00127. The number of fused-ring (bicyclic) bond motifs is 1. The van der Waals surface area contributed by atoms with E-state index in [0.29, 0.717) is 5.92 Å². The number of amides is 2. The van der Waals surface area contributed by atoms with Gasteiger partial charge >= 0.3 is 0 Å². The first-order chi connectivity index (χ1) is 9.91. The van der Waals surface area contributed by atoms with E-state index in [2.05, 4.69) is 22.9 Å². The van der Waals surface area contributed by atoms with E-state index in [4.69, 9.17) is 0 Å². The highest BCUT2D eigenvalue weighted by Crippen LogP contribution is 2.43. The summed E-state index contributed by atoms with van der Waals surface area (Å²) in [6, 6.07) is 3.80. The predicted molar refractivity (Wildman–Crippen MR) is 86.1 cm³/mol. The molecular formula is C17H20BrNO2. The van der Waals surface area contributed by atoms with Crippen molar-refractivity contribution in [2.45, 2.75) is 40.0 Å². The van der Waals surface area contributed by atoms with Gasteiger partial charge in [-0.15, -0.1) is 0 Å². The summed E-state index contributed by atoms with van der Waals surface area (Å²) in [7, 11) is 0. The molecule has 1 aromatic carbocycles. The fraction of sp³-hybridized carbons (Fsp3) is 0.529. The van der Waals surface area contributed by atoms with Gasteiger partial charge in [-0.25, -0.2) is 4.90 Å². The first kappa shape index (κ1) is 14.8. The lowest BCUT2D eigenvalue weighted by Gasteiger charge is -2.25. The van der Waals surface area contributed by atoms with Gasteiger partial charge in [0.1, 0.15) is 0 Å². The third kappa shape index (κ3) is 2.24. The molecule has 3 nitrogen and oxygen atoms in total. The zero-order valence-electron chi connectivity index (χ0n) is 12.6. The molecule has 1 saturated carbocycles. The topological polar surface area (TPSA) is 37.4 Å². The van der Waals surface area contributed by atoms with Gasteiger partial charge in [0.15, 0.2) is 0 Å². The Hall–Kier alpha value is -1.16. The van der Waals surface area contributed by atoms with Crippen LogP contribution >= 0.6 is 15.9 Å². The van der Waals surface area contributed by atoms with Crippen LogP contribution < -0.4 is 4.90 Å². The van der Waals surface area contributed by atoms with E-state index in [1.54, 1.807) is 0 Å². The van der Waals surface area contributed by atoms with Gasteiger partial charge in [0.05, 0.1) is 17.5 Å². The lowest BCUT2D eigenvalue weighted by atomic mass is 9.76. The molecule has 1 heterocycles. The fourth-order valence-corrected chi connectivity index (χ4v) is 4.07. The summed E-state index contributed by atoms with van der Waals surface area (Å²) in [5.41, 5.74) is 2.84. The summed E-state index contributed by atoms with van der Waals surface area (Å²) in [5.74, 6) is 0.334. The summed E-state index contributed by atoms with van der Waals surface area (Å²) < 4.78 is 1.01. The van der Waals surface area contributed by atoms with Crippen LogP contribution in [0.25, 0.3) is 0 Å². The predicted octanol–water partition coefficient (Wildman–Crippen LogP) is 3.99. The zero-order valence-corrected chi connectivity index (χ0v) is 14.2. The Kier molecular flexibility index (Phi) is 3.68. The van der Waals surface area contributed by atoms with Crippen LogP contribution in [0.2, 0.25) is 0 Å². The molecule has 2 fully saturated rings. The zero-order chi connectivity index (χ0) is 15.3. The van der Waals surface area contributed by atoms with E-state index in [1.165, 1.54) is 4.90 Å². The quantitative estimate of drug-likeness (QED) is 0.718. The third-order valence-corrected chi connectivity index (χ3v) is 5.98. The SMILES string of the molecule is Cc1c(Br)ccc(N2C(=O)[C@H]3CC[C@@H](C)C[C@H]3C2=O)c1C. The summed E-state index contributed by atoms with van der Waals surface area (Å²) in [6.07, 6.45) is 2.74. The molecule has 4 heteroatoms. The van der Waals surface area contributed by atoms with E-state index >= 15 is 0 Å². The van der Waals surface area contributed by atoms with Crippen LogP contribution in [0.1, 0.15) is 37.3 Å². The monoisotopic (exact) mass is 349 g/mol. The summed E-state index contributed by atoms with van der Waals surface area (Å²) in [6.45, 7) is 6.15. The van der Waals surface area contributed by atoms with Crippen LogP contribution in [-0.2, 0) is 9.59 Å². The van der Waals surface area contributed by atoms with E-state index in [1.807, 2.05) is 26.0 Å². The van der Waals surface area contributed by atoms with E-state index < -0.39 is 0 Å². The molecular weight excluding hydrogens is 330 g/mol. The Balaban J connectivity index is 2.02. The van der Waals surface area contributed by atoms with E-state index in [0.717, 1.165) is 40.5 Å². The second-order valence-electron chi connectivity index (χ2n) is 6.46. The van der Waals surface area contributed by atoms with Gasteiger partial charge in [-0.1, -0.05) is 22.9 Å². The van der Waals surface area contributed by atoms with Crippen LogP contribution in [-0.4, -0.2) is 11.8 Å². The first-order valence-electron chi connectivity index (χ1n) is 7.55. The van der Waals surface area contributed by atoms with Crippen molar-refractivity contribution >= 4 is 33.4 Å². The Morgan fingerprint density at radius 2 is 1.71 bits per heavy atom. The van der Waals surface area contributed by atoms with Crippen molar-refractivity contribution in [3.8, 4) is 0 Å². The van der Waals surface area contributed by atoms with E-state index in [9.17, 15) is 9.59 Å². The molecule has 0 bridgehead atoms. The lowest BCUT2D eigenvalue weighted by molar-refractivity contribution is -0.122. The molecule has 0 unspecified atom stereocenters. The molecule has 112 valence electrons. The van der Waals surface area contributed by atoms with Gasteiger partial charge in [0.2, 0.25) is 11.8 Å². The maximum Gasteiger partial charge on any atom is 0.237 e. The summed E-state index contributed by atoms with van der Waals surface area (Å²) in [4.78, 5) is 26.9. The number of carbonyl (C=O) groups is 2. The Morgan fingerprint density at radius 3 is 2.43 bits per heavy atom. The van der Waals surface area contributed by atoms with Gasteiger partial charge in [-0.3, -0.25) is 9.59 Å². The normalized spacial score (nSPS) is 29.0. The Labute approximate surface area is 133 Å². The number of benzene rings is 1. The first-order valence-corrected chi connectivity index (χ1v) is 8.34. The van der Waals surface area contributed by atoms with Crippen molar-refractivity contribution < 1.29 is 9.59 Å². The van der Waals surface area contributed by atoms with Crippen molar-refractivity contribution in [1.82, 2.24) is 0 Å². The molecule has 1 aliphatic carbocycles. The molecule has 1 saturated heterocycles. The van der Waals surface area contributed by atoms with Crippen molar-refractivity contribution in [3.63, 3.8) is 0 Å². The molecule has 1 aliphatic heterocycles. The number of nitrogens with zero attached hydrogens (tertiary/aromatic N) is 1. The largest absolute Gasteiger partial charge is 0.274 e. The minimum atomic E-state index is -0.107. The lowest BCUT2D eigenvalue weighted by Crippen LogP contribution is -2.31. The van der Waals surface area contributed by atoms with Gasteiger partial charge in [-0.2, -0.15) is 0 Å². The van der Waals surface area contributed by atoms with Crippen LogP contribution in [0.4, 0.5) is 5.69 Å². The molecule has 0 spiro atoms. The number of halogens is 1. The highest BCUT2D eigenvalue weighted by molar-refractivity contribution is 9.10. The molecule has 0 radical (unpaired) electrons. The van der Waals surface area contributed by atoms with E-state index in [-0.39, 0.29) is 23.7 Å². The molecule has 2 aliphatic rings. The molecule has 3 rings (SSSR count). The number of carbonyl (C=O) groups excluding carboxylic acids is 2. The second kappa shape index (κ2) is 5.24. The van der Waals surface area contributed by atoms with Crippen molar-refractivity contribution in [3.05, 3.63) is 27.7 Å². The highest BCUT2D eigenvalue weighted by Gasteiger charge is 2.50. The van der Waals surface area contributed by atoms with Gasteiger partial charge < -0.3 is 0 Å². The minimum Gasteiger partial charge on any atom is -0.274 e. The molecule has 1 aromatic rings. The maximum absolute atomic E-state index is 12.7. The molecule has 2 amide bonds. The average molecular weight is 350 g/mol. The van der Waals surface area contributed by atoms with Gasteiger partial charge in [0.25, 0.3) is 0 Å². The van der Waals surface area contributed by atoms with Crippen LogP contribution in [0.5, 0.6) is 0 Å². The standard InChI is InChI=1S/C17H20BrNO2/c1-9-4-5-12-13(8-9)17(21)19(16(12)20)15-7-6-14(18)10(2)11(15)3/h6-7,9,12-13H,4-5,8H2,1-3H3/t9-,12+,13-/m1/s1. The number of rotatable bonds is 1. The number of anilines is 1.